The van der Waals surface area contributed by atoms with Crippen LogP contribution < -0.4 is 10.6 Å². The lowest BCUT2D eigenvalue weighted by molar-refractivity contribution is -0.142. The summed E-state index contributed by atoms with van der Waals surface area (Å²) in [6.45, 7) is 6.49. The fraction of sp³-hybridized carbons (Fsp3) is 0.750. The molecule has 0 aromatic heterocycles. The van der Waals surface area contributed by atoms with Crippen LogP contribution in [0.2, 0.25) is 0 Å². The first-order valence-electron chi connectivity index (χ1n) is 6.39. The van der Waals surface area contributed by atoms with Crippen LogP contribution in [0.15, 0.2) is 0 Å². The van der Waals surface area contributed by atoms with Crippen molar-refractivity contribution >= 4 is 17.9 Å². The van der Waals surface area contributed by atoms with Crippen molar-refractivity contribution in [3.05, 3.63) is 0 Å². The van der Waals surface area contributed by atoms with Crippen LogP contribution in [-0.4, -0.2) is 53.1 Å². The van der Waals surface area contributed by atoms with Crippen molar-refractivity contribution in [3.63, 3.8) is 0 Å². The highest BCUT2D eigenvalue weighted by molar-refractivity contribution is 5.91. The van der Waals surface area contributed by atoms with Gasteiger partial charge >= 0.3 is 12.0 Å². The van der Waals surface area contributed by atoms with E-state index in [1.165, 1.54) is 4.90 Å². The van der Waals surface area contributed by atoms with E-state index in [1.807, 2.05) is 20.8 Å². The third kappa shape index (κ3) is 4.11. The Balaban J connectivity index is 2.73. The van der Waals surface area contributed by atoms with Crippen LogP contribution in [0.3, 0.4) is 0 Å². The number of piperazine rings is 1. The predicted octanol–water partition coefficient (Wildman–Crippen LogP) is 0.0156. The molecule has 2 atom stereocenters. The molecular formula is C12H21N3O4. The molecule has 0 aliphatic carbocycles. The molecule has 7 nitrogen and oxygen atoms in total. The minimum absolute atomic E-state index is 0.0389. The van der Waals surface area contributed by atoms with Crippen LogP contribution in [0, 0.1) is 5.92 Å². The zero-order valence-electron chi connectivity index (χ0n) is 11.5. The lowest BCUT2D eigenvalue weighted by Crippen LogP contribution is -2.60. The molecule has 1 fully saturated rings. The van der Waals surface area contributed by atoms with Gasteiger partial charge in [-0.1, -0.05) is 13.8 Å². The Labute approximate surface area is 112 Å². The first-order valence-corrected chi connectivity index (χ1v) is 6.39. The molecule has 0 radical (unpaired) electrons. The Morgan fingerprint density at radius 3 is 2.63 bits per heavy atom. The number of hydrogen-bond acceptors (Lipinski definition) is 3. The average molecular weight is 271 g/mol. The Morgan fingerprint density at radius 2 is 2.11 bits per heavy atom. The number of urea groups is 1. The summed E-state index contributed by atoms with van der Waals surface area (Å²) >= 11 is 0. The van der Waals surface area contributed by atoms with Crippen molar-refractivity contribution < 1.29 is 19.5 Å². The molecule has 1 aliphatic rings. The van der Waals surface area contributed by atoms with Crippen LogP contribution >= 0.6 is 0 Å². The van der Waals surface area contributed by atoms with Crippen molar-refractivity contribution in [2.24, 2.45) is 5.92 Å². The van der Waals surface area contributed by atoms with Gasteiger partial charge in [-0.05, 0) is 12.8 Å². The van der Waals surface area contributed by atoms with Gasteiger partial charge in [0.25, 0.3) is 0 Å². The number of rotatable bonds is 4. The quantitative estimate of drug-likeness (QED) is 0.671. The molecule has 108 valence electrons. The molecule has 0 bridgehead atoms. The van der Waals surface area contributed by atoms with Crippen LogP contribution in [0.1, 0.15) is 27.2 Å². The number of amides is 3. The number of nitrogens with zero attached hydrogens (tertiary/aromatic N) is 1. The third-order valence-electron chi connectivity index (χ3n) is 3.31. The van der Waals surface area contributed by atoms with Gasteiger partial charge in [-0.2, -0.15) is 0 Å². The van der Waals surface area contributed by atoms with E-state index in [-0.39, 0.29) is 24.4 Å². The van der Waals surface area contributed by atoms with Crippen LogP contribution in [-0.2, 0) is 9.59 Å². The number of carbonyl (C=O) groups is 3. The van der Waals surface area contributed by atoms with E-state index < -0.39 is 17.9 Å². The zero-order valence-corrected chi connectivity index (χ0v) is 11.5. The zero-order chi connectivity index (χ0) is 14.6. The van der Waals surface area contributed by atoms with E-state index in [0.29, 0.717) is 13.1 Å². The van der Waals surface area contributed by atoms with Gasteiger partial charge in [0.15, 0.2) is 0 Å². The molecule has 3 amide bonds. The van der Waals surface area contributed by atoms with E-state index in [4.69, 9.17) is 5.11 Å². The molecule has 0 saturated carbocycles. The average Bonchev–Trinajstić information content (AvgIpc) is 2.30. The standard InChI is InChI=1S/C12H21N3O4/c1-7(2)8(3)14-12(19)15-5-4-13-11(18)9(15)6-10(16)17/h7-9H,4-6H2,1-3H3,(H,13,18)(H,14,19)(H,16,17). The maximum absolute atomic E-state index is 12.1. The van der Waals surface area contributed by atoms with E-state index in [9.17, 15) is 14.4 Å². The molecule has 1 rings (SSSR count). The summed E-state index contributed by atoms with van der Waals surface area (Å²) in [4.78, 5) is 35.8. The monoisotopic (exact) mass is 271 g/mol. The smallest absolute Gasteiger partial charge is 0.318 e. The Bertz CT molecular complexity index is 370. The summed E-state index contributed by atoms with van der Waals surface area (Å²) in [6, 6.07) is -1.36. The Hall–Kier alpha value is -1.79. The fourth-order valence-electron chi connectivity index (χ4n) is 1.77. The highest BCUT2D eigenvalue weighted by Crippen LogP contribution is 2.10. The number of hydrogen-bond donors (Lipinski definition) is 3. The summed E-state index contributed by atoms with van der Waals surface area (Å²) in [5, 5.41) is 14.2. The first-order chi connectivity index (χ1) is 8.82. The summed E-state index contributed by atoms with van der Waals surface area (Å²) in [6.07, 6.45) is -0.380. The van der Waals surface area contributed by atoms with Crippen LogP contribution in [0.25, 0.3) is 0 Å². The van der Waals surface area contributed by atoms with Gasteiger partial charge in [0.05, 0.1) is 6.42 Å². The summed E-state index contributed by atoms with van der Waals surface area (Å²) in [5.74, 6) is -1.25. The van der Waals surface area contributed by atoms with Crippen LogP contribution in [0.4, 0.5) is 4.79 Å². The van der Waals surface area contributed by atoms with Crippen molar-refractivity contribution in [3.8, 4) is 0 Å². The van der Waals surface area contributed by atoms with Gasteiger partial charge < -0.3 is 20.6 Å². The minimum atomic E-state index is -1.10. The van der Waals surface area contributed by atoms with Gasteiger partial charge in [-0.25, -0.2) is 4.79 Å². The highest BCUT2D eigenvalue weighted by Gasteiger charge is 2.35. The molecule has 3 N–H and O–H groups in total. The number of carboxylic acids is 1. The Morgan fingerprint density at radius 1 is 1.47 bits per heavy atom. The second kappa shape index (κ2) is 6.40. The second-order valence-corrected chi connectivity index (χ2v) is 5.08. The van der Waals surface area contributed by atoms with E-state index >= 15 is 0 Å². The number of aliphatic carboxylic acids is 1. The van der Waals surface area contributed by atoms with E-state index in [2.05, 4.69) is 10.6 Å². The van der Waals surface area contributed by atoms with E-state index in [1.54, 1.807) is 0 Å². The van der Waals surface area contributed by atoms with Gasteiger partial charge in [0.2, 0.25) is 5.91 Å². The maximum Gasteiger partial charge on any atom is 0.318 e. The molecule has 0 spiro atoms. The molecule has 1 heterocycles. The normalized spacial score (nSPS) is 20.9. The lowest BCUT2D eigenvalue weighted by Gasteiger charge is -2.35. The summed E-state index contributed by atoms with van der Waals surface area (Å²) in [7, 11) is 0. The first kappa shape index (κ1) is 15.3. The highest BCUT2D eigenvalue weighted by atomic mass is 16.4. The van der Waals surface area contributed by atoms with Crippen molar-refractivity contribution in [2.75, 3.05) is 13.1 Å². The van der Waals surface area contributed by atoms with Crippen molar-refractivity contribution in [2.45, 2.75) is 39.3 Å². The topological polar surface area (TPSA) is 98.7 Å². The SMILES string of the molecule is CC(C)C(C)NC(=O)N1CCNC(=O)C1CC(=O)O. The molecular weight excluding hydrogens is 250 g/mol. The molecule has 19 heavy (non-hydrogen) atoms. The maximum atomic E-state index is 12.1. The van der Waals surface area contributed by atoms with Crippen molar-refractivity contribution in [1.82, 2.24) is 15.5 Å². The third-order valence-corrected chi connectivity index (χ3v) is 3.31. The molecule has 1 saturated heterocycles. The van der Waals surface area contributed by atoms with Gasteiger partial charge in [-0.3, -0.25) is 9.59 Å². The molecule has 0 aromatic carbocycles. The van der Waals surface area contributed by atoms with Crippen molar-refractivity contribution in [1.29, 1.82) is 0 Å². The number of nitrogens with one attached hydrogen (secondary N) is 2. The largest absolute Gasteiger partial charge is 0.481 e. The van der Waals surface area contributed by atoms with E-state index in [0.717, 1.165) is 0 Å². The van der Waals surface area contributed by atoms with Gasteiger partial charge in [-0.15, -0.1) is 0 Å². The van der Waals surface area contributed by atoms with Gasteiger partial charge in [0.1, 0.15) is 6.04 Å². The van der Waals surface area contributed by atoms with Gasteiger partial charge in [0, 0.05) is 19.1 Å². The minimum Gasteiger partial charge on any atom is -0.481 e. The predicted molar refractivity (Wildman–Crippen MR) is 68.6 cm³/mol. The molecule has 0 aromatic rings. The number of carbonyl (C=O) groups excluding carboxylic acids is 2. The Kier molecular flexibility index (Phi) is 5.14. The summed E-state index contributed by atoms with van der Waals surface area (Å²) in [5.41, 5.74) is 0. The molecule has 7 heteroatoms. The molecule has 2 unspecified atom stereocenters. The summed E-state index contributed by atoms with van der Waals surface area (Å²) < 4.78 is 0. The van der Waals surface area contributed by atoms with Crippen LogP contribution in [0.5, 0.6) is 0 Å². The number of carboxylic acid groups (broad SMARTS) is 1. The fourth-order valence-corrected chi connectivity index (χ4v) is 1.77. The molecule has 1 aliphatic heterocycles. The lowest BCUT2D eigenvalue weighted by atomic mass is 10.1. The second-order valence-electron chi connectivity index (χ2n) is 5.08.